The maximum absolute atomic E-state index is 11.9. The molecule has 0 saturated carbocycles. The topological polar surface area (TPSA) is 470 Å². The Bertz CT molecular complexity index is 1830. The molecule has 429 valence electrons. The molecule has 0 rings (SSSR count). The number of nitriles is 1. The zero-order valence-corrected chi connectivity index (χ0v) is 47.6. The molecule has 0 aromatic rings. The quantitative estimate of drug-likeness (QED) is 0.0265. The van der Waals surface area contributed by atoms with Crippen LogP contribution in [-0.2, 0) is 65.2 Å². The van der Waals surface area contributed by atoms with Crippen molar-refractivity contribution in [2.75, 3.05) is 25.9 Å². The van der Waals surface area contributed by atoms with Crippen molar-refractivity contribution in [2.24, 2.45) is 32.4 Å². The number of rotatable bonds is 6. The summed E-state index contributed by atoms with van der Waals surface area (Å²) in [5, 5.41) is 37.7. The molecule has 0 aliphatic carbocycles. The number of esters is 2. The van der Waals surface area contributed by atoms with E-state index in [0.29, 0.717) is 0 Å². The van der Waals surface area contributed by atoms with Gasteiger partial charge in [-0.3, -0.25) is 35.9 Å². The SMILES string of the molecule is CC#N.CC(C)(C)OC(=O)CN.CC(C)(C)OC(=O)CN=C(NNC(=O)OC(C)(C)C)NC(=O)OC(C)(C)C.CSC(=NNC(=O)OC(C)(C)C)NC(=O)OC(C)(C)C.NNC(N)=NCC(=O)O.O=[N+]([O-])O.[Ag].[H+]. The number of guanidine groups is 2. The van der Waals surface area contributed by atoms with Gasteiger partial charge in [0.05, 0.1) is 12.6 Å². The number of carboxylic acids is 1. The number of nitrogens with zero attached hydrogens (tertiary/aromatic N) is 5. The number of ether oxygens (including phenoxy) is 6. The average molecular weight is 1170 g/mol. The van der Waals surface area contributed by atoms with E-state index < -0.39 is 75.0 Å². The first-order valence-corrected chi connectivity index (χ1v) is 22.1. The third kappa shape index (κ3) is 80.0. The fraction of sp³-hybridized carbons (Fsp3) is 0.725. The minimum Gasteiger partial charge on any atom is -0.480 e. The Morgan fingerprint density at radius 1 is 0.658 bits per heavy atom. The summed E-state index contributed by atoms with van der Waals surface area (Å²) in [5.41, 5.74) is 15.0. The minimum absolute atomic E-state index is 0. The van der Waals surface area contributed by atoms with Gasteiger partial charge in [-0.25, -0.2) is 45.9 Å². The summed E-state index contributed by atoms with van der Waals surface area (Å²) in [4.78, 5) is 94.2. The van der Waals surface area contributed by atoms with Crippen LogP contribution in [-0.4, -0.2) is 134 Å². The maximum Gasteiger partial charge on any atom is 1.00 e. The van der Waals surface area contributed by atoms with Crippen LogP contribution in [0.15, 0.2) is 15.1 Å². The third-order valence-electron chi connectivity index (χ3n) is 4.66. The first kappa shape index (κ1) is 80.7. The Labute approximate surface area is 448 Å². The van der Waals surface area contributed by atoms with Gasteiger partial charge in [0, 0.05) is 29.3 Å². The van der Waals surface area contributed by atoms with Gasteiger partial charge in [0.15, 0.2) is 5.17 Å². The Balaban J connectivity index is -0.000000134. The number of nitrogens with two attached hydrogens (primary N) is 3. The van der Waals surface area contributed by atoms with E-state index in [-0.39, 0.29) is 66.5 Å². The number of nitrogens with one attached hydrogen (secondary N) is 6. The number of carbonyl (C=O) groups excluding carboxylic acids is 6. The number of hydrogen-bond acceptors (Lipinski definition) is 22. The van der Waals surface area contributed by atoms with Gasteiger partial charge in [-0.2, -0.15) is 5.26 Å². The molecular formula is C40H81AgN14O17S+. The molecule has 73 heavy (non-hydrogen) atoms. The Hall–Kier alpha value is -6.40. The molecule has 0 aromatic heterocycles. The van der Waals surface area contributed by atoms with Crippen LogP contribution in [0, 0.1) is 21.4 Å². The van der Waals surface area contributed by atoms with Gasteiger partial charge < -0.3 is 50.2 Å². The van der Waals surface area contributed by atoms with E-state index in [1.165, 1.54) is 6.92 Å². The predicted octanol–water partition coefficient (Wildman–Crippen LogP) is 3.34. The number of alkyl carbamates (subject to hydrolysis) is 2. The number of carboxylic acid groups (broad SMARTS) is 1. The van der Waals surface area contributed by atoms with Crippen LogP contribution in [0.1, 0.15) is 133 Å². The molecule has 31 nitrogen and oxygen atoms in total. The number of hydrazone groups is 1. The molecule has 33 heteroatoms. The van der Waals surface area contributed by atoms with Crippen LogP contribution in [0.25, 0.3) is 0 Å². The number of aliphatic carboxylic acids is 1. The van der Waals surface area contributed by atoms with E-state index in [9.17, 15) is 33.6 Å². The number of amidine groups is 1. The number of thioether (sulfide) groups is 1. The molecule has 0 unspecified atom stereocenters. The zero-order valence-electron chi connectivity index (χ0n) is 46.3. The average Bonchev–Trinajstić information content (AvgIpc) is 3.13. The molecule has 0 aromatic carbocycles. The molecule has 0 aliphatic heterocycles. The maximum atomic E-state index is 11.9. The first-order chi connectivity index (χ1) is 32.2. The van der Waals surface area contributed by atoms with Crippen LogP contribution in [0.3, 0.4) is 0 Å². The van der Waals surface area contributed by atoms with E-state index >= 15 is 0 Å². The molecule has 0 bridgehead atoms. The van der Waals surface area contributed by atoms with Gasteiger partial charge in [-0.1, -0.05) is 11.8 Å². The second-order valence-corrected chi connectivity index (χ2v) is 19.8. The summed E-state index contributed by atoms with van der Waals surface area (Å²) in [6, 6.07) is 1.75. The van der Waals surface area contributed by atoms with Crippen molar-refractivity contribution in [1.29, 1.82) is 5.26 Å². The smallest absolute Gasteiger partial charge is 0.480 e. The van der Waals surface area contributed by atoms with Crippen molar-refractivity contribution >= 4 is 71.1 Å². The van der Waals surface area contributed by atoms with Gasteiger partial charge in [0.25, 0.3) is 5.09 Å². The summed E-state index contributed by atoms with van der Waals surface area (Å²) >= 11 is 1.15. The van der Waals surface area contributed by atoms with Gasteiger partial charge in [0.2, 0.25) is 11.9 Å². The number of carbonyl (C=O) groups is 7. The van der Waals surface area contributed by atoms with Crippen LogP contribution in [0.4, 0.5) is 19.2 Å². The molecular weight excluding hydrogens is 1090 g/mol. The van der Waals surface area contributed by atoms with Gasteiger partial charge in [-0.15, -0.1) is 15.2 Å². The van der Waals surface area contributed by atoms with Crippen LogP contribution < -0.4 is 49.6 Å². The largest absolute Gasteiger partial charge is 1.00 e. The summed E-state index contributed by atoms with van der Waals surface area (Å²) in [7, 11) is 0. The van der Waals surface area contributed by atoms with Crippen LogP contribution in [0.5, 0.6) is 0 Å². The molecule has 14 N–H and O–H groups in total. The standard InChI is InChI=1S/C17H32N4O6.C12H23N3O4S.C6H13NO2.C3H8N4O2.C2H3N.Ag.HNO3/c1-15(2,3)25-11(22)10-18-12(19-13(23)26-16(4,5)6)20-21-14(24)27-17(7,8)9;1-11(2,3)18-9(16)13-8(20-7)14-15-10(17)19-12(4,5)6;1-6(2,3)9-5(8)4-7;4-3(7-5)6-1-2(8)9;1-2-3;;2-1(3)4/h10H2,1-9H3,(H,21,24)(H2,18,19,20,23);1-7H3,(H,15,17)(H,13,14,16);4,7H2,1-3H3;1,5H2,(H,8,9)(H3,4,6,7);1H3;;(H,2,3,4)/p+1. The number of aliphatic imine (C=N–C) groups is 2. The van der Waals surface area contributed by atoms with E-state index in [1.54, 1.807) is 137 Å². The summed E-state index contributed by atoms with van der Waals surface area (Å²) in [6.07, 6.45) is -1.25. The first-order valence-electron chi connectivity index (χ1n) is 20.8. The third-order valence-corrected chi connectivity index (χ3v) is 5.24. The van der Waals surface area contributed by atoms with Crippen LogP contribution >= 0.6 is 11.8 Å². The number of hydrazine groups is 2. The van der Waals surface area contributed by atoms with E-state index in [1.807, 2.05) is 5.43 Å². The molecule has 4 amide bonds. The van der Waals surface area contributed by atoms with E-state index in [4.69, 9.17) is 71.4 Å². The predicted molar refractivity (Wildman–Crippen MR) is 267 cm³/mol. The van der Waals surface area contributed by atoms with Crippen LogP contribution in [0.2, 0.25) is 0 Å². The fourth-order valence-electron chi connectivity index (χ4n) is 2.94. The van der Waals surface area contributed by atoms with Crippen molar-refractivity contribution in [3.63, 3.8) is 0 Å². The Kier molecular flexibility index (Phi) is 44.3. The molecule has 0 spiro atoms. The minimum atomic E-state index is -1.50. The van der Waals surface area contributed by atoms with Crippen molar-refractivity contribution in [1.82, 2.24) is 32.3 Å². The zero-order chi connectivity index (χ0) is 58.5. The van der Waals surface area contributed by atoms with E-state index in [0.717, 1.165) is 11.8 Å². The molecule has 1 radical (unpaired) electrons. The second kappa shape index (κ2) is 40.1. The number of hydrogen-bond donors (Lipinski definition) is 11. The normalized spacial score (nSPS) is 11.3. The molecule has 0 saturated heterocycles. The van der Waals surface area contributed by atoms with Crippen molar-refractivity contribution in [3.05, 3.63) is 10.1 Å². The van der Waals surface area contributed by atoms with E-state index in [2.05, 4.69) is 42.0 Å². The molecule has 0 heterocycles. The van der Waals surface area contributed by atoms with Crippen molar-refractivity contribution in [2.45, 2.75) is 165 Å². The summed E-state index contributed by atoms with van der Waals surface area (Å²) in [5.74, 6) is 2.45. The molecule has 0 atom stereocenters. The van der Waals surface area contributed by atoms with Gasteiger partial charge >= 0.3 is 43.7 Å². The monoisotopic (exact) mass is 1170 g/mol. The van der Waals surface area contributed by atoms with Gasteiger partial charge in [0.1, 0.15) is 46.7 Å². The second-order valence-electron chi connectivity index (χ2n) is 19.0. The molecule has 0 aliphatic rings. The Morgan fingerprint density at radius 2 is 1.00 bits per heavy atom. The Morgan fingerprint density at radius 3 is 1.32 bits per heavy atom. The molecule has 0 fully saturated rings. The van der Waals surface area contributed by atoms with Gasteiger partial charge in [-0.05, 0) is 131 Å². The summed E-state index contributed by atoms with van der Waals surface area (Å²) < 4.78 is 30.2. The van der Waals surface area contributed by atoms with Crippen molar-refractivity contribution in [3.8, 4) is 6.07 Å². The van der Waals surface area contributed by atoms with Crippen molar-refractivity contribution < 1.29 is 101 Å². The fourth-order valence-corrected chi connectivity index (χ4v) is 3.26. The summed E-state index contributed by atoms with van der Waals surface area (Å²) in [6.45, 7) is 31.9. The number of amides is 4.